The van der Waals surface area contributed by atoms with E-state index in [1.165, 1.54) is 0 Å². The molecule has 2 amide bonds. The summed E-state index contributed by atoms with van der Waals surface area (Å²) in [5.74, 6) is 2.09. The van der Waals surface area contributed by atoms with Crippen molar-refractivity contribution < 1.29 is 9.21 Å². The van der Waals surface area contributed by atoms with Crippen LogP contribution in [-0.4, -0.2) is 34.0 Å². The number of benzene rings is 1. The zero-order valence-electron chi connectivity index (χ0n) is 15.9. The van der Waals surface area contributed by atoms with Crippen molar-refractivity contribution in [2.24, 2.45) is 0 Å². The molecule has 1 N–H and O–H groups in total. The lowest BCUT2D eigenvalue weighted by Gasteiger charge is -2.30. The molecule has 1 saturated heterocycles. The minimum Gasteiger partial charge on any atom is -0.440 e. The van der Waals surface area contributed by atoms with E-state index in [9.17, 15) is 4.79 Å². The van der Waals surface area contributed by atoms with Crippen molar-refractivity contribution in [1.82, 2.24) is 14.9 Å². The largest absolute Gasteiger partial charge is 0.440 e. The summed E-state index contributed by atoms with van der Waals surface area (Å²) >= 11 is 1.58. The van der Waals surface area contributed by atoms with Gasteiger partial charge in [-0.05, 0) is 37.3 Å². The van der Waals surface area contributed by atoms with Crippen molar-refractivity contribution in [3.63, 3.8) is 0 Å². The summed E-state index contributed by atoms with van der Waals surface area (Å²) in [6.07, 6.45) is 1.71. The Labute approximate surface area is 162 Å². The van der Waals surface area contributed by atoms with Crippen LogP contribution in [0.4, 0.5) is 10.6 Å². The minimum absolute atomic E-state index is 0.0744. The quantitative estimate of drug-likeness (QED) is 0.680. The molecule has 27 heavy (non-hydrogen) atoms. The molecule has 3 heterocycles. The number of nitrogens with one attached hydrogen (secondary N) is 1. The molecule has 142 valence electrons. The summed E-state index contributed by atoms with van der Waals surface area (Å²) in [5, 5.41) is 2.97. The van der Waals surface area contributed by atoms with Gasteiger partial charge in [-0.15, -0.1) is 11.3 Å². The number of amides is 2. The van der Waals surface area contributed by atoms with E-state index < -0.39 is 0 Å². The molecule has 1 aliphatic rings. The fourth-order valence-electron chi connectivity index (χ4n) is 3.55. The molecule has 1 fully saturated rings. The van der Waals surface area contributed by atoms with E-state index in [-0.39, 0.29) is 11.9 Å². The van der Waals surface area contributed by atoms with Gasteiger partial charge in [0.05, 0.1) is 10.4 Å². The Morgan fingerprint density at radius 2 is 2.11 bits per heavy atom. The predicted molar refractivity (Wildman–Crippen MR) is 108 cm³/mol. The van der Waals surface area contributed by atoms with Crippen molar-refractivity contribution >= 4 is 34.3 Å². The van der Waals surface area contributed by atoms with Gasteiger partial charge in [-0.2, -0.15) is 0 Å². The van der Waals surface area contributed by atoms with E-state index in [2.05, 4.69) is 29.1 Å². The molecule has 1 aliphatic heterocycles. The number of aromatic nitrogens is 2. The van der Waals surface area contributed by atoms with Gasteiger partial charge < -0.3 is 9.32 Å². The second kappa shape index (κ2) is 7.31. The Balaban J connectivity index is 1.40. The summed E-state index contributed by atoms with van der Waals surface area (Å²) in [6, 6.07) is 5.95. The number of anilines is 1. The van der Waals surface area contributed by atoms with Gasteiger partial charge in [-0.3, -0.25) is 5.32 Å². The highest BCUT2D eigenvalue weighted by Crippen LogP contribution is 2.32. The van der Waals surface area contributed by atoms with Crippen LogP contribution in [0.15, 0.2) is 28.1 Å². The lowest BCUT2D eigenvalue weighted by Crippen LogP contribution is -2.40. The van der Waals surface area contributed by atoms with Gasteiger partial charge in [0.25, 0.3) is 0 Å². The highest BCUT2D eigenvalue weighted by Gasteiger charge is 2.28. The second-order valence-electron chi connectivity index (χ2n) is 7.39. The average Bonchev–Trinajstić information content (AvgIpc) is 3.29. The van der Waals surface area contributed by atoms with E-state index in [1.54, 1.807) is 16.8 Å². The average molecular weight is 385 g/mol. The molecule has 4 rings (SSSR count). The Morgan fingerprint density at radius 3 is 2.81 bits per heavy atom. The van der Waals surface area contributed by atoms with E-state index in [0.717, 1.165) is 40.3 Å². The van der Waals surface area contributed by atoms with Crippen LogP contribution in [0, 0.1) is 6.92 Å². The molecule has 0 spiro atoms. The molecule has 6 nitrogen and oxygen atoms in total. The maximum absolute atomic E-state index is 12.6. The van der Waals surface area contributed by atoms with E-state index in [1.807, 2.05) is 30.0 Å². The first kappa shape index (κ1) is 18.0. The number of hydrogen-bond donors (Lipinski definition) is 1. The van der Waals surface area contributed by atoms with Gasteiger partial charge in [-0.1, -0.05) is 26.0 Å². The smallest absolute Gasteiger partial charge is 0.323 e. The third kappa shape index (κ3) is 3.56. The molecule has 0 atom stereocenters. The van der Waals surface area contributed by atoms with Gasteiger partial charge in [-0.25, -0.2) is 14.8 Å². The first-order valence-electron chi connectivity index (χ1n) is 9.38. The number of para-hydroxylation sites is 1. The molecule has 2 aromatic heterocycles. The van der Waals surface area contributed by atoms with Crippen LogP contribution >= 0.6 is 11.3 Å². The molecular weight excluding hydrogens is 360 g/mol. The lowest BCUT2D eigenvalue weighted by molar-refractivity contribution is 0.190. The SMILES string of the molecule is Cc1cccc2nc(C3CCN(C(=O)Nc4ncsc4C(C)C)CC3)oc12. The predicted octanol–water partition coefficient (Wildman–Crippen LogP) is 5.13. The monoisotopic (exact) mass is 384 g/mol. The number of piperidine rings is 1. The lowest BCUT2D eigenvalue weighted by atomic mass is 9.97. The zero-order valence-corrected chi connectivity index (χ0v) is 16.7. The van der Waals surface area contributed by atoms with Gasteiger partial charge in [0.2, 0.25) is 0 Å². The van der Waals surface area contributed by atoms with Crippen LogP contribution in [0.3, 0.4) is 0 Å². The Morgan fingerprint density at radius 1 is 1.33 bits per heavy atom. The number of aryl methyl sites for hydroxylation is 1. The maximum atomic E-state index is 12.6. The Hall–Kier alpha value is -2.41. The fraction of sp³-hybridized carbons (Fsp3) is 0.450. The molecule has 1 aromatic carbocycles. The number of fused-ring (bicyclic) bond motifs is 1. The van der Waals surface area contributed by atoms with Crippen molar-refractivity contribution in [2.45, 2.75) is 45.4 Å². The van der Waals surface area contributed by atoms with Crippen molar-refractivity contribution in [3.8, 4) is 0 Å². The summed E-state index contributed by atoms with van der Waals surface area (Å²) in [7, 11) is 0. The standard InChI is InChI=1S/C20H24N4O2S/c1-12(2)17-18(21-11-27-17)23-20(25)24-9-7-14(8-10-24)19-22-15-6-4-5-13(3)16(15)26-19/h4-6,11-12,14H,7-10H2,1-3H3,(H,23,25). The zero-order chi connectivity index (χ0) is 19.0. The number of thiazole rings is 1. The number of rotatable bonds is 3. The number of hydrogen-bond acceptors (Lipinski definition) is 5. The summed E-state index contributed by atoms with van der Waals surface area (Å²) in [4.78, 5) is 24.5. The topological polar surface area (TPSA) is 71.3 Å². The highest BCUT2D eigenvalue weighted by atomic mass is 32.1. The van der Waals surface area contributed by atoms with E-state index in [0.29, 0.717) is 24.8 Å². The van der Waals surface area contributed by atoms with Crippen LogP contribution in [0.25, 0.3) is 11.1 Å². The van der Waals surface area contributed by atoms with Gasteiger partial charge in [0.1, 0.15) is 11.3 Å². The minimum atomic E-state index is -0.0744. The van der Waals surface area contributed by atoms with Crippen molar-refractivity contribution in [1.29, 1.82) is 0 Å². The normalized spacial score (nSPS) is 15.6. The van der Waals surface area contributed by atoms with Gasteiger partial charge in [0.15, 0.2) is 11.5 Å². The fourth-order valence-corrected chi connectivity index (χ4v) is 4.31. The Bertz CT molecular complexity index is 954. The molecule has 0 saturated carbocycles. The van der Waals surface area contributed by atoms with Crippen molar-refractivity contribution in [2.75, 3.05) is 18.4 Å². The molecule has 3 aromatic rings. The number of urea groups is 1. The van der Waals surface area contributed by atoms with Crippen molar-refractivity contribution in [3.05, 3.63) is 40.0 Å². The number of nitrogens with zero attached hydrogens (tertiary/aromatic N) is 3. The highest BCUT2D eigenvalue weighted by molar-refractivity contribution is 7.10. The van der Waals surface area contributed by atoms with Crippen LogP contribution in [0.1, 0.15) is 54.9 Å². The molecular formula is C20H24N4O2S. The molecule has 0 aliphatic carbocycles. The number of likely N-dealkylation sites (tertiary alicyclic amines) is 1. The number of carbonyl (C=O) groups excluding carboxylic acids is 1. The van der Waals surface area contributed by atoms with Crippen LogP contribution in [-0.2, 0) is 0 Å². The Kier molecular flexibility index (Phi) is 4.86. The number of oxazole rings is 1. The summed E-state index contributed by atoms with van der Waals surface area (Å²) < 4.78 is 6.02. The summed E-state index contributed by atoms with van der Waals surface area (Å²) in [5.41, 5.74) is 4.67. The van der Waals surface area contributed by atoms with Gasteiger partial charge in [0, 0.05) is 19.0 Å². The maximum Gasteiger partial charge on any atom is 0.323 e. The van der Waals surface area contributed by atoms with Crippen LogP contribution in [0.5, 0.6) is 0 Å². The third-order valence-electron chi connectivity index (χ3n) is 5.10. The van der Waals surface area contributed by atoms with Gasteiger partial charge >= 0.3 is 6.03 Å². The van der Waals surface area contributed by atoms with Crippen LogP contribution in [0.2, 0.25) is 0 Å². The third-order valence-corrected chi connectivity index (χ3v) is 6.23. The van der Waals surface area contributed by atoms with E-state index >= 15 is 0 Å². The molecule has 0 unspecified atom stereocenters. The second-order valence-corrected chi connectivity index (χ2v) is 8.27. The molecule has 0 bridgehead atoms. The number of carbonyl (C=O) groups is 1. The molecule has 0 radical (unpaired) electrons. The first-order chi connectivity index (χ1) is 13.0. The van der Waals surface area contributed by atoms with Crippen LogP contribution < -0.4 is 5.32 Å². The molecule has 7 heteroatoms. The first-order valence-corrected chi connectivity index (χ1v) is 10.3. The summed E-state index contributed by atoms with van der Waals surface area (Å²) in [6.45, 7) is 7.63. The van der Waals surface area contributed by atoms with E-state index in [4.69, 9.17) is 4.42 Å².